The van der Waals surface area contributed by atoms with Gasteiger partial charge in [-0.25, -0.2) is 0 Å². The molecule has 3 heteroatoms. The molecule has 0 radical (unpaired) electrons. The van der Waals surface area contributed by atoms with E-state index in [4.69, 9.17) is 5.73 Å². The van der Waals surface area contributed by atoms with E-state index in [1.165, 1.54) is 0 Å². The number of nitrogens with two attached hydrogens (primary N) is 1. The van der Waals surface area contributed by atoms with E-state index >= 15 is 0 Å². The predicted octanol–water partition coefficient (Wildman–Crippen LogP) is 0.823. The number of fused-ring (bicyclic) bond motifs is 1. The largest absolute Gasteiger partial charge is 0.398 e. The third-order valence-corrected chi connectivity index (χ3v) is 2.23. The van der Waals surface area contributed by atoms with E-state index in [1.54, 1.807) is 18.2 Å². The number of benzene rings is 1. The molecule has 0 bridgehead atoms. The summed E-state index contributed by atoms with van der Waals surface area (Å²) in [6.45, 7) is 0. The zero-order valence-electron chi connectivity index (χ0n) is 7.07. The van der Waals surface area contributed by atoms with Crippen LogP contribution in [0.4, 0.5) is 5.69 Å². The maximum Gasteiger partial charge on any atom is 0.195 e. The first-order valence-corrected chi connectivity index (χ1v) is 4.11. The summed E-state index contributed by atoms with van der Waals surface area (Å²) in [7, 11) is 0. The third kappa shape index (κ3) is 1.22. The van der Waals surface area contributed by atoms with Crippen LogP contribution in [0.15, 0.2) is 24.3 Å². The van der Waals surface area contributed by atoms with Crippen molar-refractivity contribution in [1.29, 1.82) is 0 Å². The lowest BCUT2D eigenvalue weighted by atomic mass is 9.90. The SMILES string of the molecule is Nc1cccc2c1C(O)(O)CC=C2. The highest BCUT2D eigenvalue weighted by Crippen LogP contribution is 2.34. The lowest BCUT2D eigenvalue weighted by molar-refractivity contribution is -0.166. The van der Waals surface area contributed by atoms with Crippen LogP contribution in [0.5, 0.6) is 0 Å². The molecule has 0 fully saturated rings. The molecule has 1 aromatic carbocycles. The molecular formula is C10H11NO2. The number of rotatable bonds is 0. The molecule has 1 aliphatic rings. The van der Waals surface area contributed by atoms with E-state index in [0.29, 0.717) is 11.3 Å². The summed E-state index contributed by atoms with van der Waals surface area (Å²) < 4.78 is 0. The Morgan fingerprint density at radius 3 is 2.77 bits per heavy atom. The van der Waals surface area contributed by atoms with E-state index < -0.39 is 5.79 Å². The lowest BCUT2D eigenvalue weighted by Gasteiger charge is -2.27. The normalized spacial score (nSPS) is 18.3. The summed E-state index contributed by atoms with van der Waals surface area (Å²) in [5, 5.41) is 19.3. The average Bonchev–Trinajstić information content (AvgIpc) is 2.02. The summed E-state index contributed by atoms with van der Waals surface area (Å²) in [5.74, 6) is -1.81. The molecule has 0 aromatic heterocycles. The van der Waals surface area contributed by atoms with Gasteiger partial charge in [0.1, 0.15) is 0 Å². The average molecular weight is 177 g/mol. The molecule has 13 heavy (non-hydrogen) atoms. The van der Waals surface area contributed by atoms with Crippen LogP contribution in [-0.4, -0.2) is 10.2 Å². The second-order valence-corrected chi connectivity index (χ2v) is 3.23. The van der Waals surface area contributed by atoms with Gasteiger partial charge >= 0.3 is 0 Å². The van der Waals surface area contributed by atoms with Gasteiger partial charge in [0.2, 0.25) is 0 Å². The maximum atomic E-state index is 9.63. The first-order valence-electron chi connectivity index (χ1n) is 4.11. The zero-order valence-corrected chi connectivity index (χ0v) is 7.07. The Bertz CT molecular complexity index is 369. The molecule has 0 unspecified atom stereocenters. The summed E-state index contributed by atoms with van der Waals surface area (Å²) in [4.78, 5) is 0. The van der Waals surface area contributed by atoms with Crippen LogP contribution in [0.25, 0.3) is 6.08 Å². The van der Waals surface area contributed by atoms with Gasteiger partial charge in [-0.05, 0) is 11.6 Å². The number of nitrogen functional groups attached to an aromatic ring is 1. The third-order valence-electron chi connectivity index (χ3n) is 2.23. The fourth-order valence-corrected chi connectivity index (χ4v) is 1.64. The molecule has 1 aliphatic carbocycles. The molecule has 0 aliphatic heterocycles. The molecule has 0 spiro atoms. The Balaban J connectivity index is 2.69. The van der Waals surface area contributed by atoms with Gasteiger partial charge in [0.05, 0.1) is 0 Å². The Morgan fingerprint density at radius 2 is 2.08 bits per heavy atom. The quantitative estimate of drug-likeness (QED) is 0.406. The van der Waals surface area contributed by atoms with Gasteiger partial charge in [0.15, 0.2) is 5.79 Å². The van der Waals surface area contributed by atoms with Crippen molar-refractivity contribution in [3.63, 3.8) is 0 Å². The van der Waals surface area contributed by atoms with Gasteiger partial charge in [-0.1, -0.05) is 24.3 Å². The van der Waals surface area contributed by atoms with Crippen molar-refractivity contribution < 1.29 is 10.2 Å². The standard InChI is InChI=1S/C10H11NO2/c11-8-5-1-3-7-4-2-6-10(12,13)9(7)8/h1-5,12-13H,6,11H2. The Morgan fingerprint density at radius 1 is 1.31 bits per heavy atom. The fourth-order valence-electron chi connectivity index (χ4n) is 1.64. The summed E-state index contributed by atoms with van der Waals surface area (Å²) in [6, 6.07) is 5.27. The molecule has 0 saturated carbocycles. The smallest absolute Gasteiger partial charge is 0.195 e. The van der Waals surface area contributed by atoms with E-state index in [1.807, 2.05) is 12.1 Å². The van der Waals surface area contributed by atoms with Crippen LogP contribution in [-0.2, 0) is 5.79 Å². The van der Waals surface area contributed by atoms with Gasteiger partial charge in [0, 0.05) is 17.7 Å². The van der Waals surface area contributed by atoms with Crippen LogP contribution >= 0.6 is 0 Å². The molecule has 0 heterocycles. The molecule has 3 nitrogen and oxygen atoms in total. The Kier molecular flexibility index (Phi) is 1.65. The zero-order chi connectivity index (χ0) is 9.47. The van der Waals surface area contributed by atoms with Crippen molar-refractivity contribution in [2.45, 2.75) is 12.2 Å². The van der Waals surface area contributed by atoms with Crippen LogP contribution in [0.1, 0.15) is 17.5 Å². The summed E-state index contributed by atoms with van der Waals surface area (Å²) in [5.41, 5.74) is 7.27. The minimum atomic E-state index is -1.81. The monoisotopic (exact) mass is 177 g/mol. The highest BCUT2D eigenvalue weighted by Gasteiger charge is 2.31. The van der Waals surface area contributed by atoms with Gasteiger partial charge in [-0.15, -0.1) is 0 Å². The van der Waals surface area contributed by atoms with Crippen molar-refractivity contribution >= 4 is 11.8 Å². The van der Waals surface area contributed by atoms with E-state index in [9.17, 15) is 10.2 Å². The van der Waals surface area contributed by atoms with E-state index in [0.717, 1.165) is 5.56 Å². The van der Waals surface area contributed by atoms with Crippen molar-refractivity contribution in [2.24, 2.45) is 0 Å². The van der Waals surface area contributed by atoms with Crippen molar-refractivity contribution in [3.05, 3.63) is 35.4 Å². The molecule has 0 atom stereocenters. The Hall–Kier alpha value is -1.32. The molecule has 4 N–H and O–H groups in total. The fraction of sp³-hybridized carbons (Fsp3) is 0.200. The van der Waals surface area contributed by atoms with Crippen LogP contribution < -0.4 is 5.73 Å². The van der Waals surface area contributed by atoms with Gasteiger partial charge < -0.3 is 15.9 Å². The predicted molar refractivity (Wildman–Crippen MR) is 50.6 cm³/mol. The van der Waals surface area contributed by atoms with Gasteiger partial charge in [-0.2, -0.15) is 0 Å². The van der Waals surface area contributed by atoms with Gasteiger partial charge in [0.25, 0.3) is 0 Å². The molecule has 2 rings (SSSR count). The minimum Gasteiger partial charge on any atom is -0.398 e. The second kappa shape index (κ2) is 2.58. The minimum absolute atomic E-state index is 0.189. The van der Waals surface area contributed by atoms with E-state index in [-0.39, 0.29) is 6.42 Å². The van der Waals surface area contributed by atoms with Crippen molar-refractivity contribution in [3.8, 4) is 0 Å². The molecule has 0 amide bonds. The first-order chi connectivity index (χ1) is 6.11. The van der Waals surface area contributed by atoms with Crippen molar-refractivity contribution in [1.82, 2.24) is 0 Å². The number of hydrogen-bond donors (Lipinski definition) is 3. The molecular weight excluding hydrogens is 166 g/mol. The maximum absolute atomic E-state index is 9.63. The van der Waals surface area contributed by atoms with Crippen LogP contribution in [0.3, 0.4) is 0 Å². The second-order valence-electron chi connectivity index (χ2n) is 3.23. The molecule has 1 aromatic rings. The van der Waals surface area contributed by atoms with Crippen molar-refractivity contribution in [2.75, 3.05) is 5.73 Å². The van der Waals surface area contributed by atoms with Crippen LogP contribution in [0, 0.1) is 0 Å². The Labute approximate surface area is 76.1 Å². The molecule has 68 valence electrons. The number of hydrogen-bond acceptors (Lipinski definition) is 3. The van der Waals surface area contributed by atoms with Gasteiger partial charge in [-0.3, -0.25) is 0 Å². The summed E-state index contributed by atoms with van der Waals surface area (Å²) >= 11 is 0. The first kappa shape index (κ1) is 8.29. The lowest BCUT2D eigenvalue weighted by Crippen LogP contribution is -2.28. The topological polar surface area (TPSA) is 66.5 Å². The van der Waals surface area contributed by atoms with E-state index in [2.05, 4.69) is 0 Å². The summed E-state index contributed by atoms with van der Waals surface area (Å²) in [6.07, 6.45) is 3.76. The molecule has 0 saturated heterocycles. The highest BCUT2D eigenvalue weighted by atomic mass is 16.5. The highest BCUT2D eigenvalue weighted by molar-refractivity contribution is 5.66. The van der Waals surface area contributed by atoms with Crippen LogP contribution in [0.2, 0.25) is 0 Å². The number of anilines is 1. The number of aliphatic hydroxyl groups is 2.